The van der Waals surface area contributed by atoms with E-state index in [1.165, 1.54) is 18.9 Å². The van der Waals surface area contributed by atoms with Crippen LogP contribution in [0.4, 0.5) is 0 Å². The summed E-state index contributed by atoms with van der Waals surface area (Å²) in [6.45, 7) is 2.45. The van der Waals surface area contributed by atoms with Crippen LogP contribution in [0.15, 0.2) is 75.9 Å². The lowest BCUT2D eigenvalue weighted by molar-refractivity contribution is -0.136. The Kier molecular flexibility index (Phi) is 8.23. The molecule has 1 atom stereocenters. The summed E-state index contributed by atoms with van der Waals surface area (Å²) in [6.07, 6.45) is 0.688. The fraction of sp³-hybridized carbons (Fsp3) is 0.321. The highest BCUT2D eigenvalue weighted by Crippen LogP contribution is 2.48. The first-order valence-corrected chi connectivity index (χ1v) is 12.8. The van der Waals surface area contributed by atoms with E-state index in [9.17, 15) is 9.59 Å². The van der Waals surface area contributed by atoms with Gasteiger partial charge in [0, 0.05) is 24.9 Å². The number of hydrogen-bond acceptors (Lipinski definition) is 8. The molecule has 8 nitrogen and oxygen atoms in total. The number of esters is 1. The number of ether oxygens (including phenoxy) is 3. The summed E-state index contributed by atoms with van der Waals surface area (Å²) in [5.41, 5.74) is 3.58. The van der Waals surface area contributed by atoms with E-state index in [0.29, 0.717) is 40.9 Å². The Balaban J connectivity index is 1.73. The van der Waals surface area contributed by atoms with E-state index in [1.807, 2.05) is 59.7 Å². The van der Waals surface area contributed by atoms with Crippen LogP contribution in [0.1, 0.15) is 36.9 Å². The van der Waals surface area contributed by atoms with Crippen LogP contribution in [0.3, 0.4) is 0 Å². The van der Waals surface area contributed by atoms with Crippen molar-refractivity contribution in [2.45, 2.75) is 32.4 Å². The molecule has 0 saturated carbocycles. The number of aliphatic imine (C=N–C) groups is 1. The number of amidine groups is 1. The monoisotopic (exact) mass is 521 g/mol. The fourth-order valence-electron chi connectivity index (χ4n) is 4.49. The maximum atomic E-state index is 13.3. The minimum absolute atomic E-state index is 0.0433. The number of methoxy groups -OCH3 is 3. The predicted molar refractivity (Wildman–Crippen MR) is 144 cm³/mol. The van der Waals surface area contributed by atoms with Crippen molar-refractivity contribution in [2.75, 3.05) is 28.4 Å². The van der Waals surface area contributed by atoms with Crippen molar-refractivity contribution in [3.05, 3.63) is 82.0 Å². The lowest BCUT2D eigenvalue weighted by Crippen LogP contribution is -2.38. The van der Waals surface area contributed by atoms with Crippen LogP contribution in [0.2, 0.25) is 0 Å². The summed E-state index contributed by atoms with van der Waals surface area (Å²) in [7, 11) is 6.33. The average molecular weight is 522 g/mol. The second-order valence-electron chi connectivity index (χ2n) is 8.62. The van der Waals surface area contributed by atoms with Crippen molar-refractivity contribution in [1.82, 2.24) is 9.80 Å². The lowest BCUT2D eigenvalue weighted by Gasteiger charge is -2.37. The highest BCUT2D eigenvalue weighted by atomic mass is 32.2. The van der Waals surface area contributed by atoms with Gasteiger partial charge in [0.15, 0.2) is 5.17 Å². The highest BCUT2D eigenvalue weighted by Gasteiger charge is 2.43. The summed E-state index contributed by atoms with van der Waals surface area (Å²) in [5.74, 6) is 0.697. The minimum atomic E-state index is -0.603. The molecule has 37 heavy (non-hydrogen) atoms. The molecule has 4 rings (SSSR count). The number of carbonyl (C=O) groups is 2. The van der Waals surface area contributed by atoms with Crippen molar-refractivity contribution >= 4 is 28.8 Å². The molecular formula is C28H31N3O5S. The van der Waals surface area contributed by atoms with Gasteiger partial charge in [-0.25, -0.2) is 9.79 Å². The largest absolute Gasteiger partial charge is 0.497 e. The van der Waals surface area contributed by atoms with Gasteiger partial charge in [-0.2, -0.15) is 0 Å². The van der Waals surface area contributed by atoms with E-state index in [1.54, 1.807) is 32.2 Å². The summed E-state index contributed by atoms with van der Waals surface area (Å²) in [4.78, 5) is 34.9. The molecule has 2 heterocycles. The summed E-state index contributed by atoms with van der Waals surface area (Å²) >= 11 is 1.44. The smallest absolute Gasteiger partial charge is 0.338 e. The quantitative estimate of drug-likeness (QED) is 0.435. The zero-order valence-corrected chi connectivity index (χ0v) is 22.5. The van der Waals surface area contributed by atoms with E-state index >= 15 is 0 Å². The Morgan fingerprint density at radius 2 is 1.84 bits per heavy atom. The number of benzene rings is 2. The van der Waals surface area contributed by atoms with Crippen LogP contribution >= 0.6 is 11.8 Å². The molecule has 194 valence electrons. The number of carbonyl (C=O) groups excluding carboxylic acids is 2. The molecule has 2 aromatic rings. The third kappa shape index (κ3) is 5.36. The van der Waals surface area contributed by atoms with Gasteiger partial charge in [-0.3, -0.25) is 4.79 Å². The molecule has 0 unspecified atom stereocenters. The highest BCUT2D eigenvalue weighted by molar-refractivity contribution is 8.16. The van der Waals surface area contributed by atoms with Crippen molar-refractivity contribution < 1.29 is 23.8 Å². The molecule has 0 aliphatic carbocycles. The first-order chi connectivity index (χ1) is 17.9. The van der Waals surface area contributed by atoms with Gasteiger partial charge in [0.1, 0.15) is 11.5 Å². The van der Waals surface area contributed by atoms with E-state index in [2.05, 4.69) is 0 Å². The molecule has 9 heteroatoms. The number of nitrogens with zero attached hydrogens (tertiary/aromatic N) is 3. The first kappa shape index (κ1) is 26.3. The van der Waals surface area contributed by atoms with Crippen LogP contribution in [0.5, 0.6) is 11.5 Å². The number of amides is 1. The minimum Gasteiger partial charge on any atom is -0.497 e. The third-order valence-electron chi connectivity index (χ3n) is 6.38. The first-order valence-electron chi connectivity index (χ1n) is 12.0. The van der Waals surface area contributed by atoms with Gasteiger partial charge in [0.05, 0.1) is 45.1 Å². The molecule has 0 aromatic heterocycles. The number of rotatable bonds is 9. The standard InChI is InChI=1S/C28H31N3O5S/c1-6-22-25(27(33)36-5)26(21-15-20(34-3)12-13-23(21)35-4)31-19(17-37-28(31)29-22)14-24(32)30(2)16-18-10-8-7-9-11-18/h7-13,15,17,26H,6,14,16H2,1-5H3/t26-/m1/s1. The molecule has 0 N–H and O–H groups in total. The van der Waals surface area contributed by atoms with E-state index in [-0.39, 0.29) is 12.3 Å². The topological polar surface area (TPSA) is 80.7 Å². The van der Waals surface area contributed by atoms with Crippen molar-refractivity contribution in [3.8, 4) is 11.5 Å². The van der Waals surface area contributed by atoms with Crippen LogP contribution in [-0.4, -0.2) is 55.2 Å². The molecule has 1 amide bonds. The SMILES string of the molecule is CCC1=C(C(=O)OC)[C@@H](c2cc(OC)ccc2OC)N2C(CC(=O)N(C)Cc3ccccc3)=CSC2=N1. The molecule has 0 radical (unpaired) electrons. The van der Waals surface area contributed by atoms with Crippen molar-refractivity contribution in [3.63, 3.8) is 0 Å². The van der Waals surface area contributed by atoms with Crippen LogP contribution < -0.4 is 9.47 Å². The molecule has 0 fully saturated rings. The Morgan fingerprint density at radius 3 is 2.49 bits per heavy atom. The zero-order valence-electron chi connectivity index (χ0n) is 21.7. The van der Waals surface area contributed by atoms with Crippen molar-refractivity contribution in [2.24, 2.45) is 4.99 Å². The van der Waals surface area contributed by atoms with Crippen LogP contribution in [-0.2, 0) is 20.9 Å². The number of thioether (sulfide) groups is 1. The van der Waals surface area contributed by atoms with E-state index in [0.717, 1.165) is 16.8 Å². The Hall–Kier alpha value is -3.72. The second kappa shape index (κ2) is 11.6. The van der Waals surface area contributed by atoms with Crippen molar-refractivity contribution in [1.29, 1.82) is 0 Å². The van der Waals surface area contributed by atoms with E-state index in [4.69, 9.17) is 19.2 Å². The predicted octanol–water partition coefficient (Wildman–Crippen LogP) is 4.89. The van der Waals surface area contributed by atoms with Gasteiger partial charge >= 0.3 is 5.97 Å². The lowest BCUT2D eigenvalue weighted by atomic mass is 9.92. The third-order valence-corrected chi connectivity index (χ3v) is 7.27. The molecule has 2 aliphatic heterocycles. The normalized spacial score (nSPS) is 16.6. The molecule has 0 spiro atoms. The Bertz CT molecular complexity index is 1270. The van der Waals surface area contributed by atoms with Crippen LogP contribution in [0.25, 0.3) is 0 Å². The second-order valence-corrected chi connectivity index (χ2v) is 9.46. The van der Waals surface area contributed by atoms with Crippen LogP contribution in [0, 0.1) is 0 Å². The Morgan fingerprint density at radius 1 is 1.08 bits per heavy atom. The molecule has 2 aliphatic rings. The maximum Gasteiger partial charge on any atom is 0.338 e. The zero-order chi connectivity index (χ0) is 26.5. The number of allylic oxidation sites excluding steroid dienone is 1. The summed E-state index contributed by atoms with van der Waals surface area (Å²) in [5, 5.41) is 2.63. The summed E-state index contributed by atoms with van der Waals surface area (Å²) < 4.78 is 16.4. The summed E-state index contributed by atoms with van der Waals surface area (Å²) in [6, 6.07) is 14.7. The van der Waals surface area contributed by atoms with Gasteiger partial charge in [-0.05, 0) is 35.6 Å². The average Bonchev–Trinajstić information content (AvgIpc) is 3.33. The van der Waals surface area contributed by atoms with Gasteiger partial charge in [-0.1, -0.05) is 49.0 Å². The van der Waals surface area contributed by atoms with E-state index < -0.39 is 12.0 Å². The molecule has 0 bridgehead atoms. The molecule has 2 aromatic carbocycles. The van der Waals surface area contributed by atoms with Gasteiger partial charge in [0.2, 0.25) is 5.91 Å². The number of fused-ring (bicyclic) bond motifs is 1. The maximum absolute atomic E-state index is 13.3. The number of hydrogen-bond donors (Lipinski definition) is 0. The Labute approximate surface area is 221 Å². The van der Waals surface area contributed by atoms with Gasteiger partial charge in [-0.15, -0.1) is 0 Å². The fourth-order valence-corrected chi connectivity index (χ4v) is 5.43. The molecular weight excluding hydrogens is 490 g/mol. The van der Waals surface area contributed by atoms with Gasteiger partial charge in [0.25, 0.3) is 0 Å². The molecule has 0 saturated heterocycles. The van der Waals surface area contributed by atoms with Gasteiger partial charge < -0.3 is 24.0 Å².